The highest BCUT2D eigenvalue weighted by Crippen LogP contribution is 2.30. The van der Waals surface area contributed by atoms with E-state index in [1.165, 1.54) is 25.9 Å². The molecule has 0 aromatic carbocycles. The zero-order chi connectivity index (χ0) is 14.3. The van der Waals surface area contributed by atoms with Crippen molar-refractivity contribution in [2.45, 2.75) is 31.2 Å². The number of nitrogens with zero attached hydrogens (tertiary/aromatic N) is 2. The van der Waals surface area contributed by atoms with E-state index in [4.69, 9.17) is 11.2 Å². The lowest BCUT2D eigenvalue weighted by molar-refractivity contribution is -0.0164. The Morgan fingerprint density at radius 1 is 1.30 bits per heavy atom. The molecule has 0 radical (unpaired) electrons. The SMILES string of the molecule is C#CCNC(=NC)NCC1(N2CCCC2)CCOCC1. The third-order valence-electron chi connectivity index (χ3n) is 4.37. The Morgan fingerprint density at radius 2 is 2.00 bits per heavy atom. The molecule has 20 heavy (non-hydrogen) atoms. The number of likely N-dealkylation sites (tertiary alicyclic amines) is 1. The molecular formula is C15H26N4O. The van der Waals surface area contributed by atoms with Crippen LogP contribution in [0.1, 0.15) is 25.7 Å². The van der Waals surface area contributed by atoms with E-state index in [9.17, 15) is 0 Å². The maximum absolute atomic E-state index is 5.56. The normalized spacial score (nSPS) is 23.3. The molecule has 2 fully saturated rings. The van der Waals surface area contributed by atoms with E-state index in [1.54, 1.807) is 7.05 Å². The molecule has 0 amide bonds. The third kappa shape index (κ3) is 3.65. The Kier molecular flexibility index (Phi) is 5.69. The van der Waals surface area contributed by atoms with E-state index in [1.807, 2.05) is 0 Å². The minimum atomic E-state index is 0.211. The van der Waals surface area contributed by atoms with Gasteiger partial charge in [0, 0.05) is 32.3 Å². The summed E-state index contributed by atoms with van der Waals surface area (Å²) in [6, 6.07) is 0. The number of terminal acetylenes is 1. The van der Waals surface area contributed by atoms with Crippen molar-refractivity contribution in [1.29, 1.82) is 0 Å². The number of ether oxygens (including phenoxy) is 1. The van der Waals surface area contributed by atoms with Crippen LogP contribution < -0.4 is 10.6 Å². The lowest BCUT2D eigenvalue weighted by atomic mass is 9.88. The van der Waals surface area contributed by atoms with Crippen molar-refractivity contribution < 1.29 is 4.74 Å². The molecule has 0 saturated carbocycles. The van der Waals surface area contributed by atoms with Crippen molar-refractivity contribution >= 4 is 5.96 Å². The third-order valence-corrected chi connectivity index (χ3v) is 4.37. The number of rotatable bonds is 4. The first-order valence-electron chi connectivity index (χ1n) is 7.51. The fraction of sp³-hybridized carbons (Fsp3) is 0.800. The minimum Gasteiger partial charge on any atom is -0.381 e. The Morgan fingerprint density at radius 3 is 2.60 bits per heavy atom. The minimum absolute atomic E-state index is 0.211. The second kappa shape index (κ2) is 7.51. The molecule has 0 atom stereocenters. The van der Waals surface area contributed by atoms with Gasteiger partial charge in [-0.2, -0.15) is 0 Å². The van der Waals surface area contributed by atoms with Gasteiger partial charge in [-0.1, -0.05) is 5.92 Å². The molecule has 2 rings (SSSR count). The fourth-order valence-corrected chi connectivity index (χ4v) is 3.15. The van der Waals surface area contributed by atoms with Crippen LogP contribution in [0.4, 0.5) is 0 Å². The second-order valence-corrected chi connectivity index (χ2v) is 5.51. The molecule has 0 bridgehead atoms. The molecule has 112 valence electrons. The van der Waals surface area contributed by atoms with E-state index in [2.05, 4.69) is 26.4 Å². The first-order valence-corrected chi connectivity index (χ1v) is 7.51. The second-order valence-electron chi connectivity index (χ2n) is 5.51. The van der Waals surface area contributed by atoms with E-state index in [-0.39, 0.29) is 5.54 Å². The first kappa shape index (κ1) is 15.1. The summed E-state index contributed by atoms with van der Waals surface area (Å²) < 4.78 is 5.56. The zero-order valence-electron chi connectivity index (χ0n) is 12.5. The van der Waals surface area contributed by atoms with E-state index < -0.39 is 0 Å². The highest BCUT2D eigenvalue weighted by molar-refractivity contribution is 5.79. The Balaban J connectivity index is 1.95. The summed E-state index contributed by atoms with van der Waals surface area (Å²) in [6.45, 7) is 5.53. The van der Waals surface area contributed by atoms with Crippen LogP contribution in [0.5, 0.6) is 0 Å². The van der Waals surface area contributed by atoms with Crippen LogP contribution in [0, 0.1) is 12.3 Å². The zero-order valence-corrected chi connectivity index (χ0v) is 12.5. The maximum Gasteiger partial charge on any atom is 0.191 e. The van der Waals surface area contributed by atoms with Gasteiger partial charge in [-0.25, -0.2) is 0 Å². The maximum atomic E-state index is 5.56. The average Bonchev–Trinajstić information content (AvgIpc) is 3.03. The van der Waals surface area contributed by atoms with Gasteiger partial charge in [0.25, 0.3) is 0 Å². The van der Waals surface area contributed by atoms with Crippen molar-refractivity contribution in [3.05, 3.63) is 0 Å². The number of aliphatic imine (C=N–C) groups is 1. The van der Waals surface area contributed by atoms with Crippen LogP contribution >= 0.6 is 0 Å². The van der Waals surface area contributed by atoms with Crippen LogP contribution in [0.25, 0.3) is 0 Å². The highest BCUT2D eigenvalue weighted by atomic mass is 16.5. The van der Waals surface area contributed by atoms with Crippen molar-refractivity contribution in [2.24, 2.45) is 4.99 Å². The fourth-order valence-electron chi connectivity index (χ4n) is 3.15. The van der Waals surface area contributed by atoms with Crippen LogP contribution in [-0.2, 0) is 4.74 Å². The Labute approximate surface area is 122 Å². The predicted octanol–water partition coefficient (Wildman–Crippen LogP) is 0.430. The number of hydrogen-bond acceptors (Lipinski definition) is 3. The van der Waals surface area contributed by atoms with Crippen molar-refractivity contribution in [2.75, 3.05) is 46.4 Å². The number of hydrogen-bond donors (Lipinski definition) is 2. The highest BCUT2D eigenvalue weighted by Gasteiger charge is 2.39. The predicted molar refractivity (Wildman–Crippen MR) is 81.8 cm³/mol. The standard InChI is InChI=1S/C15H26N4O/c1-3-8-17-14(16-2)18-13-15(6-11-20-12-7-15)19-9-4-5-10-19/h1H,4-13H2,2H3,(H2,16,17,18). The quantitative estimate of drug-likeness (QED) is 0.445. The van der Waals surface area contributed by atoms with Gasteiger partial charge in [0.15, 0.2) is 5.96 Å². The van der Waals surface area contributed by atoms with Crippen LogP contribution in [0.3, 0.4) is 0 Å². The Hall–Kier alpha value is -1.25. The van der Waals surface area contributed by atoms with E-state index >= 15 is 0 Å². The summed E-state index contributed by atoms with van der Waals surface area (Å²) in [7, 11) is 1.78. The first-order chi connectivity index (χ1) is 9.80. The van der Waals surface area contributed by atoms with Gasteiger partial charge in [-0.05, 0) is 38.8 Å². The molecule has 2 aliphatic rings. The molecule has 2 saturated heterocycles. The van der Waals surface area contributed by atoms with Gasteiger partial charge in [0.05, 0.1) is 6.54 Å². The van der Waals surface area contributed by atoms with Gasteiger partial charge in [-0.3, -0.25) is 9.89 Å². The molecule has 2 heterocycles. The molecule has 5 heteroatoms. The number of guanidine groups is 1. The summed E-state index contributed by atoms with van der Waals surface area (Å²) >= 11 is 0. The average molecular weight is 278 g/mol. The lowest BCUT2D eigenvalue weighted by Crippen LogP contribution is -2.58. The van der Waals surface area contributed by atoms with Gasteiger partial charge in [0.1, 0.15) is 0 Å². The smallest absolute Gasteiger partial charge is 0.191 e. The van der Waals surface area contributed by atoms with E-state index in [0.717, 1.165) is 38.6 Å². The molecule has 5 nitrogen and oxygen atoms in total. The summed E-state index contributed by atoms with van der Waals surface area (Å²) in [4.78, 5) is 6.85. The molecule has 2 aliphatic heterocycles. The monoisotopic (exact) mass is 278 g/mol. The van der Waals surface area contributed by atoms with E-state index in [0.29, 0.717) is 6.54 Å². The van der Waals surface area contributed by atoms with Crippen LogP contribution in [-0.4, -0.2) is 62.8 Å². The molecular weight excluding hydrogens is 252 g/mol. The van der Waals surface area contributed by atoms with Crippen LogP contribution in [0.2, 0.25) is 0 Å². The lowest BCUT2D eigenvalue weighted by Gasteiger charge is -2.45. The summed E-state index contributed by atoms with van der Waals surface area (Å²) in [5.74, 6) is 3.36. The summed E-state index contributed by atoms with van der Waals surface area (Å²) in [5.41, 5.74) is 0.211. The molecule has 0 unspecified atom stereocenters. The molecule has 2 N–H and O–H groups in total. The van der Waals surface area contributed by atoms with Gasteiger partial charge < -0.3 is 15.4 Å². The van der Waals surface area contributed by atoms with Gasteiger partial charge in [0.2, 0.25) is 0 Å². The largest absolute Gasteiger partial charge is 0.381 e. The molecule has 0 aromatic heterocycles. The van der Waals surface area contributed by atoms with Crippen molar-refractivity contribution in [3.8, 4) is 12.3 Å². The topological polar surface area (TPSA) is 48.9 Å². The molecule has 0 aromatic rings. The van der Waals surface area contributed by atoms with Crippen molar-refractivity contribution in [1.82, 2.24) is 15.5 Å². The Bertz CT molecular complexity index is 363. The summed E-state index contributed by atoms with van der Waals surface area (Å²) in [5, 5.41) is 6.56. The van der Waals surface area contributed by atoms with Gasteiger partial charge >= 0.3 is 0 Å². The summed E-state index contributed by atoms with van der Waals surface area (Å²) in [6.07, 6.45) is 10.1. The van der Waals surface area contributed by atoms with Gasteiger partial charge in [-0.15, -0.1) is 6.42 Å². The number of nitrogens with one attached hydrogen (secondary N) is 2. The molecule has 0 aliphatic carbocycles. The van der Waals surface area contributed by atoms with Crippen LogP contribution in [0.15, 0.2) is 4.99 Å². The van der Waals surface area contributed by atoms with Crippen molar-refractivity contribution in [3.63, 3.8) is 0 Å². The molecule has 0 spiro atoms.